The zero-order valence-electron chi connectivity index (χ0n) is 13.1. The number of sulfonamides is 1. The molecule has 1 aliphatic rings. The first-order valence-corrected chi connectivity index (χ1v) is 8.71. The van der Waals surface area contributed by atoms with Crippen LogP contribution < -0.4 is 5.73 Å². The summed E-state index contributed by atoms with van der Waals surface area (Å²) in [4.78, 5) is 12.1. The van der Waals surface area contributed by atoms with E-state index in [1.165, 1.54) is 19.4 Å². The summed E-state index contributed by atoms with van der Waals surface area (Å²) >= 11 is 0. The highest BCUT2D eigenvalue weighted by Gasteiger charge is 2.41. The third-order valence-electron chi connectivity index (χ3n) is 4.01. The predicted octanol–water partition coefficient (Wildman–Crippen LogP) is 1.09. The van der Waals surface area contributed by atoms with E-state index in [4.69, 9.17) is 5.73 Å². The van der Waals surface area contributed by atoms with Gasteiger partial charge in [-0.3, -0.25) is 0 Å². The van der Waals surface area contributed by atoms with Gasteiger partial charge in [-0.1, -0.05) is 6.07 Å². The highest BCUT2D eigenvalue weighted by molar-refractivity contribution is 7.89. The summed E-state index contributed by atoms with van der Waals surface area (Å²) in [7, 11) is -2.35. The molecule has 1 atom stereocenters. The topological polar surface area (TPSA) is 102 Å². The molecular weight excluding hydrogens is 333 g/mol. The lowest BCUT2D eigenvalue weighted by Crippen LogP contribution is -2.50. The molecule has 0 saturated heterocycles. The minimum Gasteiger partial charge on any atom is -0.369 e. The maximum Gasteiger partial charge on any atom is 0.239 e. The quantitative estimate of drug-likeness (QED) is 0.874. The van der Waals surface area contributed by atoms with Crippen LogP contribution in [0, 0.1) is 5.82 Å². The Balaban J connectivity index is 2.16. The van der Waals surface area contributed by atoms with E-state index in [-0.39, 0.29) is 17.3 Å². The van der Waals surface area contributed by atoms with E-state index in [0.29, 0.717) is 11.1 Å². The monoisotopic (exact) mass is 349 g/mol. The largest absolute Gasteiger partial charge is 0.369 e. The molecular formula is C15H16FN5O2S. The van der Waals surface area contributed by atoms with E-state index < -0.39 is 21.4 Å². The molecule has 2 N–H and O–H groups in total. The van der Waals surface area contributed by atoms with Gasteiger partial charge in [0.15, 0.2) is 0 Å². The van der Waals surface area contributed by atoms with Crippen molar-refractivity contribution in [1.82, 2.24) is 14.3 Å². The molecule has 126 valence electrons. The van der Waals surface area contributed by atoms with Crippen molar-refractivity contribution in [2.75, 3.05) is 12.8 Å². The van der Waals surface area contributed by atoms with Crippen LogP contribution in [0.2, 0.25) is 0 Å². The van der Waals surface area contributed by atoms with Crippen molar-refractivity contribution < 1.29 is 12.8 Å². The van der Waals surface area contributed by atoms with Crippen LogP contribution in [0.5, 0.6) is 0 Å². The van der Waals surface area contributed by atoms with Crippen LogP contribution >= 0.6 is 0 Å². The van der Waals surface area contributed by atoms with Gasteiger partial charge in [0.1, 0.15) is 17.7 Å². The van der Waals surface area contributed by atoms with E-state index in [1.807, 2.05) is 0 Å². The van der Waals surface area contributed by atoms with Crippen molar-refractivity contribution in [3.05, 3.63) is 48.3 Å². The molecule has 9 heteroatoms. The average Bonchev–Trinajstić information content (AvgIpc) is 2.53. The first kappa shape index (κ1) is 16.3. The van der Waals surface area contributed by atoms with Crippen molar-refractivity contribution in [2.45, 2.75) is 12.5 Å². The molecule has 2 aromatic rings. The number of aromatic nitrogens is 2. The molecule has 0 aliphatic carbocycles. The SMILES string of the molecule is CN1C(N)=N[C@](C)(c2cc(-c3cncnc3)ccc2F)CS1(=O)=O. The highest BCUT2D eigenvalue weighted by Crippen LogP contribution is 2.35. The second-order valence-corrected chi connectivity index (χ2v) is 7.79. The van der Waals surface area contributed by atoms with Crippen molar-refractivity contribution in [3.8, 4) is 11.1 Å². The minimum absolute atomic E-state index is 0.156. The summed E-state index contributed by atoms with van der Waals surface area (Å²) in [6, 6.07) is 4.42. The summed E-state index contributed by atoms with van der Waals surface area (Å²) in [5.74, 6) is -1.09. The molecule has 0 spiro atoms. The van der Waals surface area contributed by atoms with Gasteiger partial charge in [-0.25, -0.2) is 32.1 Å². The smallest absolute Gasteiger partial charge is 0.239 e. The molecule has 1 aromatic heterocycles. The fourth-order valence-electron chi connectivity index (χ4n) is 2.65. The Morgan fingerprint density at radius 1 is 1.25 bits per heavy atom. The Morgan fingerprint density at radius 2 is 1.92 bits per heavy atom. The van der Waals surface area contributed by atoms with Crippen molar-refractivity contribution >= 4 is 16.0 Å². The van der Waals surface area contributed by atoms with Crippen molar-refractivity contribution in [1.29, 1.82) is 0 Å². The number of aliphatic imine (C=N–C) groups is 1. The van der Waals surface area contributed by atoms with Gasteiger partial charge in [0.2, 0.25) is 16.0 Å². The summed E-state index contributed by atoms with van der Waals surface area (Å²) in [5.41, 5.74) is 5.92. The summed E-state index contributed by atoms with van der Waals surface area (Å²) in [5, 5.41) is 0. The Labute approximate surface area is 139 Å². The molecule has 7 nitrogen and oxygen atoms in total. The molecule has 0 amide bonds. The lowest BCUT2D eigenvalue weighted by atomic mass is 9.91. The Kier molecular flexibility index (Phi) is 3.75. The number of halogens is 1. The van der Waals surface area contributed by atoms with Crippen LogP contribution in [-0.4, -0.2) is 41.5 Å². The maximum atomic E-state index is 14.4. The van der Waals surface area contributed by atoms with Gasteiger partial charge in [0, 0.05) is 30.6 Å². The van der Waals surface area contributed by atoms with E-state index in [2.05, 4.69) is 15.0 Å². The summed E-state index contributed by atoms with van der Waals surface area (Å²) in [6.45, 7) is 1.55. The number of nitrogens with zero attached hydrogens (tertiary/aromatic N) is 4. The molecule has 24 heavy (non-hydrogen) atoms. The van der Waals surface area contributed by atoms with Crippen molar-refractivity contribution in [3.63, 3.8) is 0 Å². The standard InChI is InChI=1S/C15H16FN5O2S/c1-15(8-24(22,23)21(2)14(17)20-15)12-5-10(3-4-13(12)16)11-6-18-9-19-7-11/h3-7,9H,8H2,1-2H3,(H2,17,20)/t15-/m0/s1. The normalized spacial score (nSPS) is 23.0. The molecule has 0 fully saturated rings. The number of nitrogens with two attached hydrogens (primary N) is 1. The Hall–Kier alpha value is -2.55. The van der Waals surface area contributed by atoms with Gasteiger partial charge in [0.05, 0.1) is 5.75 Å². The Bertz CT molecular complexity index is 917. The molecule has 1 aliphatic heterocycles. The van der Waals surface area contributed by atoms with Crippen LogP contribution in [0.3, 0.4) is 0 Å². The molecule has 0 unspecified atom stereocenters. The van der Waals surface area contributed by atoms with Crippen LogP contribution in [-0.2, 0) is 15.6 Å². The lowest BCUT2D eigenvalue weighted by molar-refractivity contribution is 0.458. The molecule has 2 heterocycles. The highest BCUT2D eigenvalue weighted by atomic mass is 32.2. The van der Waals surface area contributed by atoms with Gasteiger partial charge in [0.25, 0.3) is 0 Å². The second kappa shape index (κ2) is 5.52. The van der Waals surface area contributed by atoms with Crippen molar-refractivity contribution in [2.24, 2.45) is 10.7 Å². The minimum atomic E-state index is -3.67. The van der Waals surface area contributed by atoms with E-state index in [9.17, 15) is 12.8 Å². The third-order valence-corrected chi connectivity index (χ3v) is 5.95. The number of rotatable bonds is 2. The first-order chi connectivity index (χ1) is 11.2. The fourth-order valence-corrected chi connectivity index (χ4v) is 4.10. The van der Waals surface area contributed by atoms with Gasteiger partial charge in [-0.05, 0) is 24.6 Å². The summed E-state index contributed by atoms with van der Waals surface area (Å²) < 4.78 is 39.9. The van der Waals surface area contributed by atoms with Gasteiger partial charge >= 0.3 is 0 Å². The molecule has 1 aromatic carbocycles. The molecule has 0 bridgehead atoms. The van der Waals surface area contributed by atoms with E-state index in [1.54, 1.807) is 31.5 Å². The average molecular weight is 349 g/mol. The second-order valence-electron chi connectivity index (χ2n) is 5.79. The third kappa shape index (κ3) is 2.71. The van der Waals surface area contributed by atoms with Crippen LogP contribution in [0.1, 0.15) is 12.5 Å². The van der Waals surface area contributed by atoms with Gasteiger partial charge in [-0.2, -0.15) is 0 Å². The van der Waals surface area contributed by atoms with Crippen LogP contribution in [0.15, 0.2) is 41.9 Å². The zero-order valence-corrected chi connectivity index (χ0v) is 14.0. The Morgan fingerprint density at radius 3 is 2.54 bits per heavy atom. The van der Waals surface area contributed by atoms with E-state index in [0.717, 1.165) is 4.31 Å². The molecule has 0 radical (unpaired) electrons. The molecule has 0 saturated carbocycles. The van der Waals surface area contributed by atoms with Gasteiger partial charge in [-0.15, -0.1) is 0 Å². The van der Waals surface area contributed by atoms with Crippen LogP contribution in [0.4, 0.5) is 4.39 Å². The summed E-state index contributed by atoms with van der Waals surface area (Å²) in [6.07, 6.45) is 4.58. The number of hydrogen-bond donors (Lipinski definition) is 1. The van der Waals surface area contributed by atoms with E-state index >= 15 is 0 Å². The maximum absolute atomic E-state index is 14.4. The van der Waals surface area contributed by atoms with Crippen LogP contribution in [0.25, 0.3) is 11.1 Å². The number of benzene rings is 1. The fraction of sp³-hybridized carbons (Fsp3) is 0.267. The zero-order chi connectivity index (χ0) is 17.5. The lowest BCUT2D eigenvalue weighted by Gasteiger charge is -2.34. The predicted molar refractivity (Wildman–Crippen MR) is 88.0 cm³/mol. The first-order valence-electron chi connectivity index (χ1n) is 7.10. The van der Waals surface area contributed by atoms with Gasteiger partial charge < -0.3 is 5.73 Å². The molecule has 3 rings (SSSR count). The number of hydrogen-bond acceptors (Lipinski definition) is 6. The number of guanidine groups is 1.